The average molecular weight is 757 g/mol. The van der Waals surface area contributed by atoms with Gasteiger partial charge in [0.2, 0.25) is 0 Å². The van der Waals surface area contributed by atoms with E-state index in [2.05, 4.69) is 153 Å². The van der Waals surface area contributed by atoms with Gasteiger partial charge < -0.3 is 4.57 Å². The summed E-state index contributed by atoms with van der Waals surface area (Å²) in [5, 5.41) is 4.71. The zero-order valence-corrected chi connectivity index (χ0v) is 40.8. The van der Waals surface area contributed by atoms with E-state index in [-0.39, 0.29) is 0 Å². The maximum Gasteiger partial charge on any atom is 0.155 e. The first-order valence-corrected chi connectivity index (χ1v) is 42.5. The Kier molecular flexibility index (Phi) is 11.7. The molecule has 1 aliphatic rings. The van der Waals surface area contributed by atoms with E-state index in [1.807, 2.05) is 30.3 Å². The van der Waals surface area contributed by atoms with E-state index < -0.39 is 64.4 Å². The van der Waals surface area contributed by atoms with Gasteiger partial charge in [0.05, 0.1) is 0 Å². The average Bonchev–Trinajstić information content (AvgIpc) is 2.80. The van der Waals surface area contributed by atoms with Crippen molar-refractivity contribution in [3.63, 3.8) is 0 Å². The fourth-order valence-corrected chi connectivity index (χ4v) is 54.3. The quantitative estimate of drug-likeness (QED) is 0.165. The van der Waals surface area contributed by atoms with Crippen LogP contribution >= 0.6 is 7.14 Å². The van der Waals surface area contributed by atoms with Crippen LogP contribution in [0.5, 0.6) is 0 Å². The van der Waals surface area contributed by atoms with Crippen molar-refractivity contribution in [3.8, 4) is 0 Å². The van der Waals surface area contributed by atoms with Gasteiger partial charge in [0.15, 0.2) is 7.14 Å². The molecular formula is C37H68OPSi7. The SMILES string of the molecule is C[Si](C)(C)C(c1cc(C([Si](C)(C)C)[Si](C)(C)C)c([Si]2C=CP(=O)(c3ccccc3)C=C2)c(C([Si](C)(C)C)[Si](C)(C)C)c1)[Si](C)(C)C. The van der Waals surface area contributed by atoms with Gasteiger partial charge in [0, 0.05) is 53.7 Å². The highest BCUT2D eigenvalue weighted by atomic mass is 31.2. The van der Waals surface area contributed by atoms with E-state index in [1.165, 1.54) is 0 Å². The third-order valence-electron chi connectivity index (χ3n) is 9.77. The van der Waals surface area contributed by atoms with Crippen LogP contribution < -0.4 is 10.5 Å². The van der Waals surface area contributed by atoms with Crippen LogP contribution in [0.25, 0.3) is 0 Å². The first-order valence-electron chi connectivity index (χ1n) is 17.6. The summed E-state index contributed by atoms with van der Waals surface area (Å²) in [7, 11) is -13.4. The summed E-state index contributed by atoms with van der Waals surface area (Å²) < 4.78 is 14.3. The summed E-state index contributed by atoms with van der Waals surface area (Å²) in [4.78, 5) is 0. The van der Waals surface area contributed by atoms with E-state index >= 15 is 0 Å². The van der Waals surface area contributed by atoms with E-state index in [0.29, 0.717) is 15.5 Å². The molecule has 1 heterocycles. The summed E-state index contributed by atoms with van der Waals surface area (Å²) in [5.74, 6) is 4.28. The summed E-state index contributed by atoms with van der Waals surface area (Å²) in [5.41, 5.74) is 10.1. The second-order valence-corrected chi connectivity index (χ2v) is 58.9. The molecule has 9 heteroatoms. The fraction of sp³-hybridized carbons (Fsp3) is 0.568. The van der Waals surface area contributed by atoms with Crippen molar-refractivity contribution in [2.24, 2.45) is 0 Å². The molecule has 0 aliphatic carbocycles. The summed E-state index contributed by atoms with van der Waals surface area (Å²) in [6.07, 6.45) is 0. The molecule has 1 nitrogen and oxygen atoms in total. The molecule has 0 unspecified atom stereocenters. The molecular weight excluding hydrogens is 688 g/mol. The van der Waals surface area contributed by atoms with Crippen LogP contribution in [-0.2, 0) is 4.57 Å². The van der Waals surface area contributed by atoms with Crippen LogP contribution in [0, 0.1) is 0 Å². The Morgan fingerprint density at radius 3 is 1.13 bits per heavy atom. The smallest absolute Gasteiger partial charge is 0.155 e. The van der Waals surface area contributed by atoms with E-state index in [1.54, 1.807) is 21.9 Å². The first-order chi connectivity index (χ1) is 20.5. The van der Waals surface area contributed by atoms with Crippen molar-refractivity contribution in [2.75, 3.05) is 0 Å². The van der Waals surface area contributed by atoms with Gasteiger partial charge in [-0.15, -0.1) is 0 Å². The Morgan fingerprint density at radius 2 is 0.826 bits per heavy atom. The molecule has 0 spiro atoms. The summed E-state index contributed by atoms with van der Waals surface area (Å²) in [6, 6.07) is 15.8. The normalized spacial score (nSPS) is 17.1. The van der Waals surface area contributed by atoms with Gasteiger partial charge >= 0.3 is 0 Å². The van der Waals surface area contributed by atoms with Crippen molar-refractivity contribution >= 4 is 74.9 Å². The summed E-state index contributed by atoms with van der Waals surface area (Å²) in [6.45, 7) is 47.5. The van der Waals surface area contributed by atoms with Crippen molar-refractivity contribution in [2.45, 2.75) is 133 Å². The Labute approximate surface area is 293 Å². The lowest BCUT2D eigenvalue weighted by atomic mass is 10.1. The van der Waals surface area contributed by atoms with Gasteiger partial charge in [0.25, 0.3) is 0 Å². The molecule has 1 radical (unpaired) electrons. The van der Waals surface area contributed by atoms with Crippen LogP contribution in [0.1, 0.15) is 32.2 Å². The van der Waals surface area contributed by atoms with Crippen LogP contribution in [0.4, 0.5) is 0 Å². The molecule has 0 aromatic heterocycles. The van der Waals surface area contributed by atoms with Crippen molar-refractivity contribution in [1.29, 1.82) is 0 Å². The molecule has 0 bridgehead atoms. The minimum Gasteiger partial charge on any atom is -0.310 e. The van der Waals surface area contributed by atoms with Gasteiger partial charge in [-0.3, -0.25) is 0 Å². The minimum atomic E-state index is -2.69. The molecule has 3 rings (SSSR count). The van der Waals surface area contributed by atoms with E-state index in [9.17, 15) is 4.57 Å². The molecule has 46 heavy (non-hydrogen) atoms. The zero-order chi connectivity index (χ0) is 35.5. The number of benzene rings is 2. The lowest BCUT2D eigenvalue weighted by molar-refractivity contribution is 0.591. The third kappa shape index (κ3) is 9.06. The number of rotatable bonds is 11. The van der Waals surface area contributed by atoms with Crippen LogP contribution in [0.3, 0.4) is 0 Å². The van der Waals surface area contributed by atoms with Gasteiger partial charge in [-0.05, 0) is 49.0 Å². The van der Waals surface area contributed by atoms with E-state index in [4.69, 9.17) is 0 Å². The maximum atomic E-state index is 14.3. The third-order valence-corrected chi connectivity index (χ3v) is 42.7. The Bertz CT molecular complexity index is 1380. The molecule has 2 aromatic rings. The largest absolute Gasteiger partial charge is 0.310 e. The van der Waals surface area contributed by atoms with Gasteiger partial charge in [0.1, 0.15) is 8.80 Å². The van der Waals surface area contributed by atoms with Gasteiger partial charge in [-0.25, -0.2) is 0 Å². The Hall–Kier alpha value is -0.332. The highest BCUT2D eigenvalue weighted by Crippen LogP contribution is 2.50. The first kappa shape index (κ1) is 40.1. The fourth-order valence-electron chi connectivity index (χ4n) is 9.92. The van der Waals surface area contributed by atoms with Crippen molar-refractivity contribution < 1.29 is 4.57 Å². The molecule has 2 aromatic carbocycles. The molecule has 0 fully saturated rings. The standard InChI is InChI=1S/C37H68OPSi7/c1-41(2,3)35(42(4,5)6)30-28-32(36(43(7,8)9)44(10,11)12)34(33(29-30)37(45(13,14)15)46(16,17)18)40-26-24-39(38,25-27-40)31-22-20-19-21-23-31/h19-29,35-37H,1-18H3. The molecule has 0 N–H and O–H groups in total. The summed E-state index contributed by atoms with van der Waals surface area (Å²) >= 11 is 0. The van der Waals surface area contributed by atoms with Crippen LogP contribution in [-0.4, -0.2) is 57.2 Å². The number of hydrogen-bond donors (Lipinski definition) is 0. The number of hydrogen-bond acceptors (Lipinski definition) is 1. The lowest BCUT2D eigenvalue weighted by Crippen LogP contribution is -2.54. The topological polar surface area (TPSA) is 17.1 Å². The second-order valence-electron chi connectivity index (χ2n) is 20.7. The van der Waals surface area contributed by atoms with Gasteiger partial charge in [-0.1, -0.05) is 172 Å². The van der Waals surface area contributed by atoms with Gasteiger partial charge in [-0.2, -0.15) is 0 Å². The highest BCUT2D eigenvalue weighted by molar-refractivity contribution is 7.77. The van der Waals surface area contributed by atoms with E-state index in [0.717, 1.165) is 5.30 Å². The van der Waals surface area contributed by atoms with Crippen molar-refractivity contribution in [1.82, 2.24) is 0 Å². The monoisotopic (exact) mass is 755 g/mol. The lowest BCUT2D eigenvalue weighted by Gasteiger charge is -2.46. The molecule has 0 amide bonds. The predicted octanol–water partition coefficient (Wildman–Crippen LogP) is 11.7. The Balaban J connectivity index is 2.59. The van der Waals surface area contributed by atoms with Crippen LogP contribution in [0.15, 0.2) is 65.5 Å². The molecule has 255 valence electrons. The molecule has 1 aliphatic heterocycles. The minimum absolute atomic E-state index is 0.670. The Morgan fingerprint density at radius 1 is 0.500 bits per heavy atom. The zero-order valence-electron chi connectivity index (χ0n) is 32.9. The highest BCUT2D eigenvalue weighted by Gasteiger charge is 2.47. The van der Waals surface area contributed by atoms with Crippen molar-refractivity contribution in [3.05, 3.63) is 82.2 Å². The molecule has 0 atom stereocenters. The molecule has 0 saturated heterocycles. The molecule has 0 saturated carbocycles. The maximum absolute atomic E-state index is 14.3. The van der Waals surface area contributed by atoms with Crippen LogP contribution in [0.2, 0.25) is 118 Å². The predicted molar refractivity (Wildman–Crippen MR) is 232 cm³/mol. The second kappa shape index (κ2) is 13.4.